The molecule has 0 atom stereocenters. The fourth-order valence-corrected chi connectivity index (χ4v) is 3.73. The number of aryl methyl sites for hydroxylation is 2. The Morgan fingerprint density at radius 2 is 1.91 bits per heavy atom. The number of hydrogen-bond donors (Lipinski definition) is 0. The van der Waals surface area contributed by atoms with Crippen molar-refractivity contribution in [3.63, 3.8) is 0 Å². The smallest absolute Gasteiger partial charge is 0.141 e. The third kappa shape index (κ3) is 2.58. The lowest BCUT2D eigenvalue weighted by Gasteiger charge is -2.07. The molecule has 0 aliphatic heterocycles. The van der Waals surface area contributed by atoms with Crippen LogP contribution >= 0.6 is 11.3 Å². The van der Waals surface area contributed by atoms with Gasteiger partial charge in [-0.25, -0.2) is 4.68 Å². The summed E-state index contributed by atoms with van der Waals surface area (Å²) in [6, 6.07) is 4.40. The molecule has 0 saturated carbocycles. The highest BCUT2D eigenvalue weighted by molar-refractivity contribution is 7.14. The van der Waals surface area contributed by atoms with E-state index < -0.39 is 0 Å². The average molecular weight is 324 g/mol. The van der Waals surface area contributed by atoms with E-state index in [0.717, 1.165) is 33.1 Å². The van der Waals surface area contributed by atoms with Crippen molar-refractivity contribution in [2.24, 2.45) is 5.10 Å². The molecule has 6 nitrogen and oxygen atoms in total. The van der Waals surface area contributed by atoms with E-state index in [2.05, 4.69) is 32.0 Å². The summed E-state index contributed by atoms with van der Waals surface area (Å²) < 4.78 is 3.67. The van der Waals surface area contributed by atoms with Crippen LogP contribution in [-0.2, 0) is 0 Å². The molecule has 0 aliphatic rings. The first-order chi connectivity index (χ1) is 11.0. The third-order valence-corrected chi connectivity index (χ3v) is 5.08. The number of hydrogen-bond acceptors (Lipinski definition) is 5. The van der Waals surface area contributed by atoms with Crippen molar-refractivity contribution < 1.29 is 0 Å². The number of aromatic nitrogens is 4. The van der Waals surface area contributed by atoms with Crippen LogP contribution in [0, 0.1) is 39.0 Å². The summed E-state index contributed by atoms with van der Waals surface area (Å²) in [4.78, 5) is 1.17. The Hall–Kier alpha value is -2.72. The first kappa shape index (κ1) is 15.2. The Balaban J connectivity index is 2.09. The Morgan fingerprint density at radius 1 is 1.22 bits per heavy atom. The van der Waals surface area contributed by atoms with Gasteiger partial charge in [-0.3, -0.25) is 0 Å². The molecule has 23 heavy (non-hydrogen) atoms. The van der Waals surface area contributed by atoms with Crippen LogP contribution < -0.4 is 0 Å². The highest BCUT2D eigenvalue weighted by atomic mass is 32.1. The Kier molecular flexibility index (Phi) is 3.84. The second-order valence-corrected chi connectivity index (χ2v) is 6.53. The summed E-state index contributed by atoms with van der Waals surface area (Å²) in [6.07, 6.45) is 4.85. The molecule has 0 bridgehead atoms. The van der Waals surface area contributed by atoms with E-state index in [1.54, 1.807) is 22.2 Å². The fourth-order valence-electron chi connectivity index (χ4n) is 2.51. The molecular weight excluding hydrogens is 308 g/mol. The van der Waals surface area contributed by atoms with Gasteiger partial charge in [0.15, 0.2) is 0 Å². The van der Waals surface area contributed by atoms with Crippen molar-refractivity contribution in [3.8, 4) is 11.1 Å². The maximum atomic E-state index is 9.49. The summed E-state index contributed by atoms with van der Waals surface area (Å²) in [7, 11) is 0. The van der Waals surface area contributed by atoms with Gasteiger partial charge in [0.1, 0.15) is 23.7 Å². The zero-order valence-corrected chi connectivity index (χ0v) is 14.2. The molecule has 3 heterocycles. The number of nitrogens with zero attached hydrogens (tertiary/aromatic N) is 6. The number of thiophene rings is 1. The Bertz CT molecular complexity index is 921. The van der Waals surface area contributed by atoms with Gasteiger partial charge in [-0.2, -0.15) is 10.4 Å². The molecule has 0 radical (unpaired) electrons. The first-order valence-electron chi connectivity index (χ1n) is 7.11. The van der Waals surface area contributed by atoms with Gasteiger partial charge in [-0.1, -0.05) is 0 Å². The normalized spacial score (nSPS) is 11.3. The van der Waals surface area contributed by atoms with Crippen molar-refractivity contribution >= 4 is 17.6 Å². The van der Waals surface area contributed by atoms with E-state index in [1.165, 1.54) is 17.5 Å². The molecular formula is C16H16N6S. The van der Waals surface area contributed by atoms with Gasteiger partial charge in [0.05, 0.1) is 11.8 Å². The van der Waals surface area contributed by atoms with Gasteiger partial charge >= 0.3 is 0 Å². The molecule has 3 aromatic rings. The molecule has 0 spiro atoms. The lowest BCUT2D eigenvalue weighted by molar-refractivity contribution is 0.878. The maximum absolute atomic E-state index is 9.49. The molecule has 0 aliphatic carbocycles. The molecule has 0 amide bonds. The predicted octanol–water partition coefficient (Wildman–Crippen LogP) is 3.12. The SMILES string of the molecule is Cc1sc(-n2c(C)cc(C=Nn3cnnc3)c2C)c(C#N)c1C. The number of nitriles is 1. The van der Waals surface area contributed by atoms with Crippen LogP contribution in [0.2, 0.25) is 0 Å². The first-order valence-corrected chi connectivity index (χ1v) is 7.93. The zero-order chi connectivity index (χ0) is 16.6. The second-order valence-electron chi connectivity index (χ2n) is 5.32. The quantitative estimate of drug-likeness (QED) is 0.695. The van der Waals surface area contributed by atoms with E-state index in [-0.39, 0.29) is 0 Å². The highest BCUT2D eigenvalue weighted by Gasteiger charge is 2.18. The van der Waals surface area contributed by atoms with Crippen molar-refractivity contribution in [1.82, 2.24) is 19.4 Å². The van der Waals surface area contributed by atoms with Gasteiger partial charge in [0.25, 0.3) is 0 Å². The summed E-state index contributed by atoms with van der Waals surface area (Å²) in [5.41, 5.74) is 4.93. The van der Waals surface area contributed by atoms with E-state index >= 15 is 0 Å². The molecule has 7 heteroatoms. The van der Waals surface area contributed by atoms with E-state index in [0.29, 0.717) is 0 Å². The summed E-state index contributed by atoms with van der Waals surface area (Å²) in [5.74, 6) is 0. The Labute approximate surface area is 138 Å². The minimum Gasteiger partial charge on any atom is -0.308 e. The van der Waals surface area contributed by atoms with Gasteiger partial charge in [-0.05, 0) is 39.3 Å². The standard InChI is InChI=1S/C16H16N6S/c1-10-5-14(7-20-21-8-18-19-9-21)12(3)22(10)16-15(6-17)11(2)13(4)23-16/h5,7-9H,1-4H3. The molecule has 0 aromatic carbocycles. The zero-order valence-electron chi connectivity index (χ0n) is 13.4. The van der Waals surface area contributed by atoms with E-state index in [4.69, 9.17) is 0 Å². The summed E-state index contributed by atoms with van der Waals surface area (Å²) in [6.45, 7) is 8.12. The topological polar surface area (TPSA) is 71.8 Å². The molecule has 0 unspecified atom stereocenters. The van der Waals surface area contributed by atoms with Crippen molar-refractivity contribution in [1.29, 1.82) is 5.26 Å². The lowest BCUT2D eigenvalue weighted by atomic mass is 10.2. The molecule has 116 valence electrons. The van der Waals surface area contributed by atoms with Crippen molar-refractivity contribution in [2.75, 3.05) is 0 Å². The second kappa shape index (κ2) is 5.82. The summed E-state index contributed by atoms with van der Waals surface area (Å²) >= 11 is 1.65. The molecule has 0 N–H and O–H groups in total. The van der Waals surface area contributed by atoms with Crippen LogP contribution in [0.15, 0.2) is 23.8 Å². The van der Waals surface area contributed by atoms with Crippen LogP contribution in [0.4, 0.5) is 0 Å². The number of rotatable bonds is 3. The third-order valence-electron chi connectivity index (χ3n) is 3.89. The van der Waals surface area contributed by atoms with Crippen LogP contribution in [0.5, 0.6) is 0 Å². The summed E-state index contributed by atoms with van der Waals surface area (Å²) in [5, 5.41) is 22.2. The minimum absolute atomic E-state index is 0.747. The van der Waals surface area contributed by atoms with Crippen LogP contribution in [0.1, 0.15) is 33.0 Å². The monoisotopic (exact) mass is 324 g/mol. The van der Waals surface area contributed by atoms with Crippen molar-refractivity contribution in [2.45, 2.75) is 27.7 Å². The van der Waals surface area contributed by atoms with Crippen LogP contribution in [-0.4, -0.2) is 25.7 Å². The maximum Gasteiger partial charge on any atom is 0.141 e. The average Bonchev–Trinajstić information content (AvgIpc) is 3.19. The van der Waals surface area contributed by atoms with E-state index in [1.807, 2.05) is 27.7 Å². The minimum atomic E-state index is 0.747. The van der Waals surface area contributed by atoms with Gasteiger partial charge in [0, 0.05) is 21.8 Å². The highest BCUT2D eigenvalue weighted by Crippen LogP contribution is 2.33. The Morgan fingerprint density at radius 3 is 2.57 bits per heavy atom. The van der Waals surface area contributed by atoms with Gasteiger partial charge in [-0.15, -0.1) is 21.5 Å². The molecule has 0 saturated heterocycles. The van der Waals surface area contributed by atoms with Crippen LogP contribution in [0.3, 0.4) is 0 Å². The van der Waals surface area contributed by atoms with Gasteiger partial charge in [0.2, 0.25) is 0 Å². The van der Waals surface area contributed by atoms with Crippen LogP contribution in [0.25, 0.3) is 5.00 Å². The molecule has 3 aromatic heterocycles. The van der Waals surface area contributed by atoms with Gasteiger partial charge < -0.3 is 4.57 Å². The largest absolute Gasteiger partial charge is 0.308 e. The molecule has 0 fully saturated rings. The fraction of sp³-hybridized carbons (Fsp3) is 0.250. The van der Waals surface area contributed by atoms with E-state index in [9.17, 15) is 5.26 Å². The predicted molar refractivity (Wildman–Crippen MR) is 90.3 cm³/mol. The van der Waals surface area contributed by atoms with Crippen molar-refractivity contribution in [3.05, 3.63) is 51.7 Å². The lowest BCUT2D eigenvalue weighted by Crippen LogP contribution is -1.99. The molecule has 3 rings (SSSR count).